The van der Waals surface area contributed by atoms with Gasteiger partial charge in [-0.2, -0.15) is 0 Å². The lowest BCUT2D eigenvalue weighted by atomic mass is 10.0. The average Bonchev–Trinajstić information content (AvgIpc) is 2.65. The van der Waals surface area contributed by atoms with E-state index in [1.54, 1.807) is 0 Å². The van der Waals surface area contributed by atoms with E-state index in [1.807, 2.05) is 0 Å². The fourth-order valence-corrected chi connectivity index (χ4v) is 2.25. The van der Waals surface area contributed by atoms with Crippen LogP contribution in [0.5, 0.6) is 0 Å². The van der Waals surface area contributed by atoms with Crippen molar-refractivity contribution < 1.29 is 9.63 Å². The molecule has 2 fully saturated rings. The quantitative estimate of drug-likeness (QED) is 0.673. The van der Waals surface area contributed by atoms with Crippen molar-refractivity contribution in [2.45, 2.75) is 38.1 Å². The normalized spacial score (nSPS) is 33.4. The molecule has 0 aromatic carbocycles. The van der Waals surface area contributed by atoms with Crippen LogP contribution >= 0.6 is 0 Å². The van der Waals surface area contributed by atoms with Crippen molar-refractivity contribution >= 4 is 5.91 Å². The summed E-state index contributed by atoms with van der Waals surface area (Å²) >= 11 is 0. The highest BCUT2D eigenvalue weighted by molar-refractivity contribution is 5.79. The Morgan fingerprint density at radius 1 is 1.29 bits per heavy atom. The third-order valence-corrected chi connectivity index (χ3v) is 3.14. The molecular formula is C10H18N2O2. The molecule has 4 nitrogen and oxygen atoms in total. The Bertz CT molecular complexity index is 214. The van der Waals surface area contributed by atoms with Crippen LogP contribution in [0.25, 0.3) is 0 Å². The van der Waals surface area contributed by atoms with Crippen LogP contribution in [-0.4, -0.2) is 30.2 Å². The average molecular weight is 198 g/mol. The fourth-order valence-electron chi connectivity index (χ4n) is 2.25. The van der Waals surface area contributed by atoms with Gasteiger partial charge in [0.25, 0.3) is 5.91 Å². The highest BCUT2D eigenvalue weighted by Crippen LogP contribution is 2.26. The van der Waals surface area contributed by atoms with E-state index in [-0.39, 0.29) is 17.9 Å². The van der Waals surface area contributed by atoms with Crippen molar-refractivity contribution in [2.24, 2.45) is 11.7 Å². The number of amides is 1. The molecule has 1 aliphatic carbocycles. The number of hydroxylamine groups is 2. The fraction of sp³-hybridized carbons (Fsp3) is 0.900. The SMILES string of the molecule is NC1CCCC1C(=O)N1CCCCO1. The second-order valence-corrected chi connectivity index (χ2v) is 4.18. The highest BCUT2D eigenvalue weighted by Gasteiger charge is 2.34. The lowest BCUT2D eigenvalue weighted by Gasteiger charge is -2.29. The van der Waals surface area contributed by atoms with Gasteiger partial charge >= 0.3 is 0 Å². The van der Waals surface area contributed by atoms with Crippen LogP contribution in [0.4, 0.5) is 0 Å². The molecular weight excluding hydrogens is 180 g/mol. The number of nitrogens with zero attached hydrogens (tertiary/aromatic N) is 1. The molecule has 0 radical (unpaired) electrons. The summed E-state index contributed by atoms with van der Waals surface area (Å²) in [6.45, 7) is 1.41. The zero-order valence-electron chi connectivity index (χ0n) is 8.45. The Morgan fingerprint density at radius 3 is 2.71 bits per heavy atom. The van der Waals surface area contributed by atoms with E-state index in [4.69, 9.17) is 10.6 Å². The Hall–Kier alpha value is -0.610. The number of carbonyl (C=O) groups excluding carboxylic acids is 1. The molecule has 4 heteroatoms. The summed E-state index contributed by atoms with van der Waals surface area (Å²) in [7, 11) is 0. The lowest BCUT2D eigenvalue weighted by molar-refractivity contribution is -0.201. The predicted octanol–water partition coefficient (Wildman–Crippen LogP) is 0.668. The number of nitrogens with two attached hydrogens (primary N) is 1. The molecule has 1 amide bonds. The highest BCUT2D eigenvalue weighted by atomic mass is 16.7. The van der Waals surface area contributed by atoms with Gasteiger partial charge in [0.15, 0.2) is 0 Å². The van der Waals surface area contributed by atoms with Crippen LogP contribution in [0.3, 0.4) is 0 Å². The van der Waals surface area contributed by atoms with E-state index in [9.17, 15) is 4.79 Å². The molecule has 80 valence electrons. The molecule has 2 unspecified atom stereocenters. The number of carbonyl (C=O) groups is 1. The Labute approximate surface area is 84.3 Å². The van der Waals surface area contributed by atoms with Gasteiger partial charge < -0.3 is 5.73 Å². The number of hydrogen-bond donors (Lipinski definition) is 1. The van der Waals surface area contributed by atoms with Crippen LogP contribution in [0, 0.1) is 5.92 Å². The largest absolute Gasteiger partial charge is 0.327 e. The molecule has 14 heavy (non-hydrogen) atoms. The van der Waals surface area contributed by atoms with Crippen LogP contribution in [0.2, 0.25) is 0 Å². The van der Waals surface area contributed by atoms with Gasteiger partial charge in [-0.3, -0.25) is 9.63 Å². The molecule has 0 aromatic rings. The Morgan fingerprint density at radius 2 is 2.14 bits per heavy atom. The molecule has 1 saturated carbocycles. The lowest BCUT2D eigenvalue weighted by Crippen LogP contribution is -2.43. The van der Waals surface area contributed by atoms with E-state index >= 15 is 0 Å². The summed E-state index contributed by atoms with van der Waals surface area (Å²) < 4.78 is 0. The van der Waals surface area contributed by atoms with E-state index in [2.05, 4.69) is 0 Å². The van der Waals surface area contributed by atoms with E-state index < -0.39 is 0 Å². The Balaban J connectivity index is 1.92. The third-order valence-electron chi connectivity index (χ3n) is 3.14. The molecule has 1 aliphatic heterocycles. The minimum Gasteiger partial charge on any atom is -0.327 e. The van der Waals surface area contributed by atoms with E-state index in [1.165, 1.54) is 5.06 Å². The summed E-state index contributed by atoms with van der Waals surface area (Å²) in [5.41, 5.74) is 5.88. The molecule has 2 rings (SSSR count). The summed E-state index contributed by atoms with van der Waals surface area (Å²) in [5, 5.41) is 1.53. The van der Waals surface area contributed by atoms with Gasteiger partial charge in [0.2, 0.25) is 0 Å². The molecule has 2 N–H and O–H groups in total. The molecule has 1 saturated heterocycles. The van der Waals surface area contributed by atoms with Gasteiger partial charge in [-0.15, -0.1) is 0 Å². The Kier molecular flexibility index (Phi) is 3.03. The van der Waals surface area contributed by atoms with Crippen molar-refractivity contribution in [2.75, 3.05) is 13.2 Å². The second kappa shape index (κ2) is 4.28. The maximum absolute atomic E-state index is 11.9. The molecule has 1 heterocycles. The first kappa shape index (κ1) is 9.93. The van der Waals surface area contributed by atoms with E-state index in [0.29, 0.717) is 6.61 Å². The molecule has 2 aliphatic rings. The first-order chi connectivity index (χ1) is 6.79. The standard InChI is InChI=1S/C10H18N2O2/c11-9-5-3-4-8(9)10(13)12-6-1-2-7-14-12/h8-9H,1-7,11H2. The topological polar surface area (TPSA) is 55.6 Å². The monoisotopic (exact) mass is 198 g/mol. The zero-order chi connectivity index (χ0) is 9.97. The number of hydrogen-bond acceptors (Lipinski definition) is 3. The maximum Gasteiger partial charge on any atom is 0.250 e. The summed E-state index contributed by atoms with van der Waals surface area (Å²) in [6.07, 6.45) is 5.09. The van der Waals surface area contributed by atoms with Crippen LogP contribution < -0.4 is 5.73 Å². The summed E-state index contributed by atoms with van der Waals surface area (Å²) in [5.74, 6) is 0.114. The van der Waals surface area contributed by atoms with Crippen molar-refractivity contribution in [3.8, 4) is 0 Å². The minimum absolute atomic E-state index is 0.00750. The number of rotatable bonds is 1. The van der Waals surface area contributed by atoms with Gasteiger partial charge in [-0.1, -0.05) is 6.42 Å². The van der Waals surface area contributed by atoms with Crippen molar-refractivity contribution in [1.82, 2.24) is 5.06 Å². The van der Waals surface area contributed by atoms with Crippen LogP contribution in [0.15, 0.2) is 0 Å². The zero-order valence-corrected chi connectivity index (χ0v) is 8.45. The second-order valence-electron chi connectivity index (χ2n) is 4.18. The van der Waals surface area contributed by atoms with Gasteiger partial charge in [0.05, 0.1) is 12.5 Å². The first-order valence-electron chi connectivity index (χ1n) is 5.49. The smallest absolute Gasteiger partial charge is 0.250 e. The summed E-state index contributed by atoms with van der Waals surface area (Å²) in [6, 6.07) is 0.0491. The molecule has 0 bridgehead atoms. The van der Waals surface area contributed by atoms with Crippen LogP contribution in [-0.2, 0) is 9.63 Å². The molecule has 0 aromatic heterocycles. The molecule has 0 spiro atoms. The van der Waals surface area contributed by atoms with Gasteiger partial charge in [0, 0.05) is 12.6 Å². The maximum atomic E-state index is 11.9. The third kappa shape index (κ3) is 1.91. The minimum atomic E-state index is 0.00750. The first-order valence-corrected chi connectivity index (χ1v) is 5.49. The predicted molar refractivity (Wildman–Crippen MR) is 52.2 cm³/mol. The van der Waals surface area contributed by atoms with Crippen molar-refractivity contribution in [1.29, 1.82) is 0 Å². The van der Waals surface area contributed by atoms with Gasteiger partial charge in [-0.25, -0.2) is 5.06 Å². The molecule has 2 atom stereocenters. The van der Waals surface area contributed by atoms with Crippen molar-refractivity contribution in [3.05, 3.63) is 0 Å². The van der Waals surface area contributed by atoms with E-state index in [0.717, 1.165) is 38.6 Å². The van der Waals surface area contributed by atoms with Gasteiger partial charge in [-0.05, 0) is 25.7 Å². The van der Waals surface area contributed by atoms with Crippen molar-refractivity contribution in [3.63, 3.8) is 0 Å². The van der Waals surface area contributed by atoms with Gasteiger partial charge in [0.1, 0.15) is 0 Å². The summed E-state index contributed by atoms with van der Waals surface area (Å²) in [4.78, 5) is 17.3. The van der Waals surface area contributed by atoms with Crippen LogP contribution in [0.1, 0.15) is 32.1 Å².